The summed E-state index contributed by atoms with van der Waals surface area (Å²) in [4.78, 5) is 44.2. The highest BCUT2D eigenvalue weighted by Crippen LogP contribution is 2.46. The second-order valence-electron chi connectivity index (χ2n) is 8.23. The van der Waals surface area contributed by atoms with Gasteiger partial charge in [0.15, 0.2) is 28.0 Å². The number of methoxy groups -OCH3 is 1. The third-order valence-electron chi connectivity index (χ3n) is 6.03. The number of hydrogen-bond donors (Lipinski definition) is 1. The molecule has 10 nitrogen and oxygen atoms in total. The summed E-state index contributed by atoms with van der Waals surface area (Å²) in [5, 5.41) is 25.0. The number of nitro groups is 1. The van der Waals surface area contributed by atoms with Crippen LogP contribution < -0.4 is 9.64 Å². The molecule has 190 valence electrons. The van der Waals surface area contributed by atoms with E-state index in [9.17, 15) is 24.8 Å². The summed E-state index contributed by atoms with van der Waals surface area (Å²) < 4.78 is 11.6. The SMILES string of the molecule is COc1cc(Cl)cc2cc(C(=O)C3=C(O)C(=O)N(c4nc5ccc([N+](=O)[O-])cc5s4)C3c3cccs3)oc12. The Morgan fingerprint density at radius 3 is 2.79 bits per heavy atom. The summed E-state index contributed by atoms with van der Waals surface area (Å²) in [6.07, 6.45) is 0. The molecule has 0 aliphatic carbocycles. The van der Waals surface area contributed by atoms with E-state index in [0.29, 0.717) is 36.8 Å². The number of thiazole rings is 1. The fourth-order valence-electron chi connectivity index (χ4n) is 4.35. The van der Waals surface area contributed by atoms with E-state index in [4.69, 9.17) is 20.8 Å². The molecule has 2 aromatic carbocycles. The molecule has 1 unspecified atom stereocenters. The molecule has 0 bridgehead atoms. The number of halogens is 1. The van der Waals surface area contributed by atoms with Crippen LogP contribution in [-0.2, 0) is 4.79 Å². The maximum Gasteiger partial charge on any atom is 0.296 e. The number of rotatable bonds is 6. The summed E-state index contributed by atoms with van der Waals surface area (Å²) in [6.45, 7) is 0. The Morgan fingerprint density at radius 1 is 1.26 bits per heavy atom. The molecule has 13 heteroatoms. The van der Waals surface area contributed by atoms with Crippen molar-refractivity contribution in [2.24, 2.45) is 0 Å². The predicted molar refractivity (Wildman–Crippen MR) is 143 cm³/mol. The number of aliphatic hydroxyl groups is 1. The molecule has 1 aliphatic rings. The van der Waals surface area contributed by atoms with Gasteiger partial charge in [-0.25, -0.2) is 4.98 Å². The van der Waals surface area contributed by atoms with Gasteiger partial charge in [-0.05, 0) is 29.6 Å². The van der Waals surface area contributed by atoms with Gasteiger partial charge in [-0.1, -0.05) is 29.0 Å². The highest BCUT2D eigenvalue weighted by molar-refractivity contribution is 7.22. The van der Waals surface area contributed by atoms with Gasteiger partial charge in [0.05, 0.1) is 27.8 Å². The second-order valence-corrected chi connectivity index (χ2v) is 10.7. The molecular weight excluding hydrogens is 554 g/mol. The van der Waals surface area contributed by atoms with Crippen molar-refractivity contribution in [1.82, 2.24) is 4.98 Å². The quantitative estimate of drug-likeness (QED) is 0.140. The van der Waals surface area contributed by atoms with Gasteiger partial charge in [0.2, 0.25) is 5.78 Å². The highest BCUT2D eigenvalue weighted by Gasteiger charge is 2.47. The number of carbonyl (C=O) groups is 2. The van der Waals surface area contributed by atoms with Crippen molar-refractivity contribution in [2.45, 2.75) is 6.04 Å². The van der Waals surface area contributed by atoms with Crippen molar-refractivity contribution < 1.29 is 28.8 Å². The number of benzene rings is 2. The van der Waals surface area contributed by atoms with Gasteiger partial charge in [0, 0.05) is 33.5 Å². The van der Waals surface area contributed by atoms with Crippen molar-refractivity contribution in [1.29, 1.82) is 0 Å². The van der Waals surface area contributed by atoms with Gasteiger partial charge >= 0.3 is 0 Å². The largest absolute Gasteiger partial charge is 0.503 e. The average molecular weight is 568 g/mol. The number of furan rings is 1. The van der Waals surface area contributed by atoms with Crippen LogP contribution in [0.4, 0.5) is 10.8 Å². The van der Waals surface area contributed by atoms with Gasteiger partial charge in [-0.15, -0.1) is 11.3 Å². The summed E-state index contributed by atoms with van der Waals surface area (Å²) in [7, 11) is 1.44. The molecule has 1 aliphatic heterocycles. The van der Waals surface area contributed by atoms with Crippen LogP contribution in [0.25, 0.3) is 21.2 Å². The summed E-state index contributed by atoms with van der Waals surface area (Å²) in [6, 6.07) is 11.3. The maximum atomic E-state index is 13.8. The fraction of sp³-hybridized carbons (Fsp3) is 0.0800. The Kier molecular flexibility index (Phi) is 5.67. The molecule has 5 aromatic rings. The standard InChI is InChI=1S/C25H14ClN3O7S2/c1-35-16-9-12(26)7-11-8-15(36-23(11)16)21(30)19-20(17-3-2-6-37-17)28(24(32)22(19)31)25-27-14-5-4-13(29(33)34)10-18(14)38-25/h2-10,20,31H,1H3. The number of carbonyl (C=O) groups excluding carboxylic acids is 2. The van der Waals surface area contributed by atoms with Gasteiger partial charge in [0.25, 0.3) is 11.6 Å². The molecule has 0 spiro atoms. The molecule has 4 heterocycles. The first-order chi connectivity index (χ1) is 18.3. The zero-order valence-electron chi connectivity index (χ0n) is 19.2. The van der Waals surface area contributed by atoms with Crippen LogP contribution >= 0.6 is 34.3 Å². The van der Waals surface area contributed by atoms with Gasteiger partial charge in [-0.2, -0.15) is 0 Å². The summed E-state index contributed by atoms with van der Waals surface area (Å²) in [5.41, 5.74) is 0.440. The van der Waals surface area contributed by atoms with Gasteiger partial charge in [0.1, 0.15) is 6.04 Å². The van der Waals surface area contributed by atoms with Gasteiger partial charge < -0.3 is 14.3 Å². The first-order valence-electron chi connectivity index (χ1n) is 10.9. The Bertz CT molecular complexity index is 1820. The Balaban J connectivity index is 1.47. The molecule has 3 aromatic heterocycles. The number of hydrogen-bond acceptors (Lipinski definition) is 10. The number of fused-ring (bicyclic) bond motifs is 2. The number of ketones is 1. The molecule has 1 atom stereocenters. The van der Waals surface area contributed by atoms with Gasteiger partial charge in [-0.3, -0.25) is 24.6 Å². The number of non-ortho nitro benzene ring substituents is 1. The topological polar surface area (TPSA) is 136 Å². The van der Waals surface area contributed by atoms with E-state index in [1.165, 1.54) is 47.6 Å². The maximum absolute atomic E-state index is 13.8. The molecule has 0 fully saturated rings. The Hall–Kier alpha value is -4.26. The molecule has 1 N–H and O–H groups in total. The van der Waals surface area contributed by atoms with Crippen LogP contribution in [0.15, 0.2) is 69.7 Å². The van der Waals surface area contributed by atoms with Crippen molar-refractivity contribution in [3.63, 3.8) is 0 Å². The molecule has 0 saturated heterocycles. The Labute approximate surface area is 226 Å². The molecule has 0 radical (unpaired) electrons. The van der Waals surface area contributed by atoms with Crippen molar-refractivity contribution in [3.8, 4) is 5.75 Å². The lowest BCUT2D eigenvalue weighted by molar-refractivity contribution is -0.384. The number of anilines is 1. The van der Waals surface area contributed by atoms with E-state index < -0.39 is 28.4 Å². The van der Waals surface area contributed by atoms with Crippen molar-refractivity contribution in [3.05, 3.63) is 91.0 Å². The van der Waals surface area contributed by atoms with Crippen molar-refractivity contribution in [2.75, 3.05) is 12.0 Å². The number of nitro benzene ring substituents is 1. The molecule has 38 heavy (non-hydrogen) atoms. The summed E-state index contributed by atoms with van der Waals surface area (Å²) >= 11 is 8.49. The number of aliphatic hydroxyl groups excluding tert-OH is 1. The second kappa shape index (κ2) is 8.94. The van der Waals surface area contributed by atoms with Crippen LogP contribution in [0.2, 0.25) is 5.02 Å². The third-order valence-corrected chi connectivity index (χ3v) is 8.19. The zero-order chi connectivity index (χ0) is 26.7. The van der Waals surface area contributed by atoms with E-state index in [2.05, 4.69) is 4.98 Å². The van der Waals surface area contributed by atoms with E-state index in [1.54, 1.807) is 29.6 Å². The fourth-order valence-corrected chi connectivity index (χ4v) is 6.42. The first kappa shape index (κ1) is 24.1. The minimum Gasteiger partial charge on any atom is -0.503 e. The molecule has 0 saturated carbocycles. The number of amides is 1. The van der Waals surface area contributed by atoms with E-state index in [0.717, 1.165) is 11.3 Å². The lowest BCUT2D eigenvalue weighted by atomic mass is 10.0. The Morgan fingerprint density at radius 2 is 2.08 bits per heavy atom. The summed E-state index contributed by atoms with van der Waals surface area (Å²) in [5.74, 6) is -2.03. The highest BCUT2D eigenvalue weighted by atomic mass is 35.5. The smallest absolute Gasteiger partial charge is 0.296 e. The lowest BCUT2D eigenvalue weighted by Gasteiger charge is -2.22. The normalized spacial score (nSPS) is 15.7. The van der Waals surface area contributed by atoms with Crippen LogP contribution in [0.5, 0.6) is 5.75 Å². The number of thiophene rings is 1. The number of Topliss-reactive ketones (excluding diaryl/α,β-unsaturated/α-hetero) is 1. The third kappa shape index (κ3) is 3.72. The predicted octanol–water partition coefficient (Wildman–Crippen LogP) is 6.46. The van der Waals surface area contributed by atoms with Crippen LogP contribution in [0, 0.1) is 10.1 Å². The van der Waals surface area contributed by atoms with Crippen LogP contribution in [0.3, 0.4) is 0 Å². The minimum atomic E-state index is -0.996. The molecule has 1 amide bonds. The molecule has 6 rings (SSSR count). The van der Waals surface area contributed by atoms with E-state index in [-0.39, 0.29) is 22.2 Å². The monoisotopic (exact) mass is 567 g/mol. The average Bonchev–Trinajstić information content (AvgIpc) is 3.68. The van der Waals surface area contributed by atoms with Crippen molar-refractivity contribution >= 4 is 78.0 Å². The zero-order valence-corrected chi connectivity index (χ0v) is 21.6. The van der Waals surface area contributed by atoms with Crippen LogP contribution in [-0.4, -0.2) is 33.8 Å². The minimum absolute atomic E-state index is 0.113. The van der Waals surface area contributed by atoms with E-state index in [1.807, 2.05) is 0 Å². The lowest BCUT2D eigenvalue weighted by Crippen LogP contribution is -2.30. The molecular formula is C25H14ClN3O7S2. The van der Waals surface area contributed by atoms with E-state index >= 15 is 0 Å². The van der Waals surface area contributed by atoms with Crippen LogP contribution in [0.1, 0.15) is 21.5 Å². The number of ether oxygens (including phenoxy) is 1. The first-order valence-corrected chi connectivity index (χ1v) is 13.0. The number of aromatic nitrogens is 1. The number of nitrogens with zero attached hydrogens (tertiary/aromatic N) is 3.